The van der Waals surface area contributed by atoms with Crippen LogP contribution >= 0.6 is 0 Å². The molecule has 1 aromatic rings. The monoisotopic (exact) mass is 379 g/mol. The second-order valence-electron chi connectivity index (χ2n) is 8.26. The Morgan fingerprint density at radius 3 is 2.25 bits per heavy atom. The van der Waals surface area contributed by atoms with E-state index in [0.29, 0.717) is 17.4 Å². The van der Waals surface area contributed by atoms with Crippen LogP contribution in [-0.2, 0) is 14.4 Å². The third-order valence-electron chi connectivity index (χ3n) is 6.78. The van der Waals surface area contributed by atoms with Gasteiger partial charge in [-0.15, -0.1) is 0 Å². The lowest BCUT2D eigenvalue weighted by atomic mass is 9.63. The Hall–Kier alpha value is -2.76. The molecule has 6 nitrogen and oxygen atoms in total. The fourth-order valence-corrected chi connectivity index (χ4v) is 5.46. The van der Waals surface area contributed by atoms with E-state index in [4.69, 9.17) is 4.74 Å². The summed E-state index contributed by atoms with van der Waals surface area (Å²) < 4.78 is 5.31. The number of hydrogen-bond acceptors (Lipinski definition) is 5. The van der Waals surface area contributed by atoms with E-state index in [-0.39, 0.29) is 60.0 Å². The number of Topliss-reactive ketones (excluding diaryl/α,β-unsaturated/α-hetero) is 1. The van der Waals surface area contributed by atoms with Crippen molar-refractivity contribution in [1.29, 1.82) is 0 Å². The van der Waals surface area contributed by atoms with Gasteiger partial charge in [-0.05, 0) is 49.1 Å². The molecule has 1 heterocycles. The van der Waals surface area contributed by atoms with Crippen molar-refractivity contribution < 1.29 is 23.9 Å². The minimum atomic E-state index is -0.562. The Morgan fingerprint density at radius 1 is 1.04 bits per heavy atom. The van der Waals surface area contributed by atoms with Crippen molar-refractivity contribution in [3.8, 4) is 5.75 Å². The van der Waals surface area contributed by atoms with Crippen LogP contribution in [0.5, 0.6) is 5.75 Å². The zero-order valence-electron chi connectivity index (χ0n) is 15.5. The third-order valence-corrected chi connectivity index (χ3v) is 6.78. The number of para-hydroxylation sites is 1. The first kappa shape index (κ1) is 17.3. The lowest BCUT2D eigenvalue weighted by molar-refractivity contribution is -0.141. The molecule has 5 aliphatic rings. The average Bonchev–Trinajstić information content (AvgIpc) is 3.46. The maximum atomic E-state index is 12.9. The van der Waals surface area contributed by atoms with Gasteiger partial charge in [-0.1, -0.05) is 24.3 Å². The summed E-state index contributed by atoms with van der Waals surface area (Å²) in [4.78, 5) is 51.0. The molecule has 1 aromatic carbocycles. The van der Waals surface area contributed by atoms with Crippen LogP contribution in [0.4, 0.5) is 0 Å². The van der Waals surface area contributed by atoms with Gasteiger partial charge in [0.15, 0.2) is 5.78 Å². The summed E-state index contributed by atoms with van der Waals surface area (Å²) >= 11 is 0. The molecule has 2 saturated carbocycles. The number of allylic oxidation sites excluding steroid dienone is 2. The highest BCUT2D eigenvalue weighted by Crippen LogP contribution is 2.65. The summed E-state index contributed by atoms with van der Waals surface area (Å²) in [7, 11) is 0. The first-order chi connectivity index (χ1) is 13.5. The largest absolute Gasteiger partial charge is 0.426 e. The molecule has 2 amide bonds. The van der Waals surface area contributed by atoms with Crippen LogP contribution < -0.4 is 4.74 Å². The van der Waals surface area contributed by atoms with Crippen LogP contribution in [0.1, 0.15) is 30.1 Å². The van der Waals surface area contributed by atoms with E-state index in [9.17, 15) is 19.2 Å². The Kier molecular flexibility index (Phi) is 3.79. The molecular formula is C22H21NO5. The van der Waals surface area contributed by atoms with Crippen molar-refractivity contribution in [2.45, 2.75) is 19.8 Å². The molecule has 4 aliphatic carbocycles. The molecule has 28 heavy (non-hydrogen) atoms. The number of esters is 1. The highest BCUT2D eigenvalue weighted by atomic mass is 16.5. The average molecular weight is 379 g/mol. The van der Waals surface area contributed by atoms with E-state index in [2.05, 4.69) is 12.2 Å². The number of carbonyl (C=O) groups is 4. The van der Waals surface area contributed by atoms with Gasteiger partial charge in [0.2, 0.25) is 11.8 Å². The Bertz CT molecular complexity index is 899. The van der Waals surface area contributed by atoms with Crippen molar-refractivity contribution in [3.05, 3.63) is 42.0 Å². The second kappa shape index (κ2) is 6.12. The van der Waals surface area contributed by atoms with E-state index in [1.54, 1.807) is 24.3 Å². The number of hydrogen-bond donors (Lipinski definition) is 0. The molecule has 0 radical (unpaired) electrons. The van der Waals surface area contributed by atoms with Crippen molar-refractivity contribution in [1.82, 2.24) is 4.90 Å². The Morgan fingerprint density at radius 2 is 1.64 bits per heavy atom. The maximum Gasteiger partial charge on any atom is 0.313 e. The Balaban J connectivity index is 1.26. The number of likely N-dealkylation sites (tertiary alicyclic amines) is 1. The summed E-state index contributed by atoms with van der Waals surface area (Å²) in [5.41, 5.74) is 0.331. The molecule has 1 aliphatic heterocycles. The van der Waals surface area contributed by atoms with Gasteiger partial charge in [0.1, 0.15) is 5.75 Å². The van der Waals surface area contributed by atoms with Crippen molar-refractivity contribution in [2.24, 2.45) is 35.5 Å². The van der Waals surface area contributed by atoms with Crippen LogP contribution in [0, 0.1) is 35.5 Å². The van der Waals surface area contributed by atoms with E-state index in [1.807, 2.05) is 0 Å². The number of ether oxygens (including phenoxy) is 1. The Labute approximate surface area is 162 Å². The molecule has 0 N–H and O–H groups in total. The maximum absolute atomic E-state index is 12.9. The van der Waals surface area contributed by atoms with Crippen LogP contribution in [-0.4, -0.2) is 35.0 Å². The van der Waals surface area contributed by atoms with E-state index >= 15 is 0 Å². The van der Waals surface area contributed by atoms with Crippen molar-refractivity contribution in [2.75, 3.05) is 6.54 Å². The number of carbonyl (C=O) groups excluding carboxylic acids is 4. The zero-order chi connectivity index (χ0) is 19.6. The summed E-state index contributed by atoms with van der Waals surface area (Å²) in [5, 5.41) is 0. The van der Waals surface area contributed by atoms with Gasteiger partial charge in [0.25, 0.3) is 0 Å². The molecule has 0 spiro atoms. The minimum absolute atomic E-state index is 0.0283. The number of benzene rings is 1. The number of imide groups is 1. The van der Waals surface area contributed by atoms with E-state index < -0.39 is 5.97 Å². The highest BCUT2D eigenvalue weighted by molar-refractivity contribution is 6.06. The van der Waals surface area contributed by atoms with Crippen LogP contribution in [0.15, 0.2) is 36.4 Å². The second-order valence-corrected chi connectivity index (χ2v) is 8.26. The fourth-order valence-electron chi connectivity index (χ4n) is 5.46. The van der Waals surface area contributed by atoms with Gasteiger partial charge in [-0.25, -0.2) is 0 Å². The van der Waals surface area contributed by atoms with Gasteiger partial charge >= 0.3 is 5.97 Å². The van der Waals surface area contributed by atoms with Gasteiger partial charge in [-0.3, -0.25) is 24.1 Å². The predicted molar refractivity (Wildman–Crippen MR) is 98.1 cm³/mol. The van der Waals surface area contributed by atoms with Crippen LogP contribution in [0.3, 0.4) is 0 Å². The number of rotatable bonds is 5. The molecule has 2 bridgehead atoms. The molecule has 0 aromatic heterocycles. The first-order valence-electron chi connectivity index (χ1n) is 9.81. The SMILES string of the molecule is CC(=O)c1ccccc1OC(=O)CCN1C(=O)[C@@H]2[C@@H]3C=C[C@H]([C@H]4C[C@@H]34)[C@@H]2C1=O. The number of nitrogens with zero attached hydrogens (tertiary/aromatic N) is 1. The van der Waals surface area contributed by atoms with E-state index in [1.165, 1.54) is 11.8 Å². The van der Waals surface area contributed by atoms with Crippen LogP contribution in [0.2, 0.25) is 0 Å². The molecule has 144 valence electrons. The van der Waals surface area contributed by atoms with Gasteiger partial charge in [0.05, 0.1) is 23.8 Å². The molecule has 1 saturated heterocycles. The molecule has 6 rings (SSSR count). The van der Waals surface area contributed by atoms with Crippen molar-refractivity contribution in [3.63, 3.8) is 0 Å². The summed E-state index contributed by atoms with van der Waals surface area (Å²) in [5.74, 6) is 0.130. The van der Waals surface area contributed by atoms with E-state index in [0.717, 1.165) is 6.42 Å². The highest BCUT2D eigenvalue weighted by Gasteiger charge is 2.66. The normalized spacial score (nSPS) is 34.2. The van der Waals surface area contributed by atoms with Crippen molar-refractivity contribution >= 4 is 23.6 Å². The standard InChI is InChI=1S/C22H21NO5/c1-11(24)12-4-2-3-5-17(12)28-18(25)8-9-23-21(26)19-13-6-7-14(16-10-15(13)16)20(19)22(23)27/h2-7,13-16,19-20H,8-10H2,1H3/t13-,14-,15-,16+,19+,20-/m1/s1. The zero-order valence-corrected chi connectivity index (χ0v) is 15.5. The number of amides is 2. The van der Waals surface area contributed by atoms with Crippen LogP contribution in [0.25, 0.3) is 0 Å². The molecule has 0 unspecified atom stereocenters. The summed E-state index contributed by atoms with van der Waals surface area (Å²) in [6, 6.07) is 6.54. The lowest BCUT2D eigenvalue weighted by Gasteiger charge is -2.37. The quantitative estimate of drug-likeness (QED) is 0.258. The van der Waals surface area contributed by atoms with Gasteiger partial charge < -0.3 is 4.74 Å². The molecular weight excluding hydrogens is 358 g/mol. The topological polar surface area (TPSA) is 80.8 Å². The molecule has 6 atom stereocenters. The molecule has 6 heteroatoms. The lowest BCUT2D eigenvalue weighted by Crippen LogP contribution is -2.40. The molecule has 3 fully saturated rings. The van der Waals surface area contributed by atoms with Gasteiger partial charge in [0, 0.05) is 6.54 Å². The summed E-state index contributed by atoms with van der Waals surface area (Å²) in [6.45, 7) is 1.43. The predicted octanol–water partition coefficient (Wildman–Crippen LogP) is 2.24. The first-order valence-corrected chi connectivity index (χ1v) is 9.81. The third kappa shape index (κ3) is 2.47. The summed E-state index contributed by atoms with van der Waals surface area (Å²) in [6.07, 6.45) is 5.29. The smallest absolute Gasteiger partial charge is 0.313 e. The minimum Gasteiger partial charge on any atom is -0.426 e. The number of ketones is 1. The van der Waals surface area contributed by atoms with Gasteiger partial charge in [-0.2, -0.15) is 0 Å². The fraction of sp³-hybridized carbons (Fsp3) is 0.455.